The molecule has 0 saturated heterocycles. The van der Waals surface area contributed by atoms with Crippen LogP contribution >= 0.6 is 0 Å². The molecule has 0 unspecified atom stereocenters. The zero-order valence-corrected chi connectivity index (χ0v) is 19.1. The molecule has 0 atom stereocenters. The summed E-state index contributed by atoms with van der Waals surface area (Å²) in [6.45, 7) is 2.36. The van der Waals surface area contributed by atoms with Crippen LogP contribution in [0.15, 0.2) is 60.9 Å². The predicted molar refractivity (Wildman–Crippen MR) is 131 cm³/mol. The van der Waals surface area contributed by atoms with Crippen molar-refractivity contribution < 1.29 is 4.79 Å². The Labute approximate surface area is 196 Å². The third kappa shape index (κ3) is 3.88. The first-order valence-electron chi connectivity index (χ1n) is 10.8. The van der Waals surface area contributed by atoms with Gasteiger partial charge in [-0.05, 0) is 43.3 Å². The largest absolute Gasteiger partial charge is 0.382 e. The molecule has 4 aromatic heterocycles. The SMILES string of the molecule is Cc1ccc(CNC(=O)c2nc(-c3ccc4ncccc4c3)c(-c3ccn(C)n3)nc2N)n1C. The molecule has 0 aliphatic carbocycles. The number of fused-ring (bicyclic) bond motifs is 1. The van der Waals surface area contributed by atoms with E-state index in [0.717, 1.165) is 27.9 Å². The van der Waals surface area contributed by atoms with Crippen LogP contribution in [0.5, 0.6) is 0 Å². The molecule has 0 saturated carbocycles. The molecule has 4 heterocycles. The Hall–Kier alpha value is -4.53. The van der Waals surface area contributed by atoms with Crippen molar-refractivity contribution in [2.24, 2.45) is 14.1 Å². The van der Waals surface area contributed by atoms with Crippen LogP contribution in [0.3, 0.4) is 0 Å². The number of aromatic nitrogens is 6. The highest BCUT2D eigenvalue weighted by Gasteiger charge is 2.21. The van der Waals surface area contributed by atoms with Crippen molar-refractivity contribution >= 4 is 22.6 Å². The third-order valence-corrected chi connectivity index (χ3v) is 5.88. The molecule has 0 fully saturated rings. The summed E-state index contributed by atoms with van der Waals surface area (Å²) in [5.41, 5.74) is 11.7. The van der Waals surface area contributed by atoms with Crippen LogP contribution < -0.4 is 11.1 Å². The molecule has 0 aliphatic heterocycles. The minimum atomic E-state index is -0.389. The van der Waals surface area contributed by atoms with Gasteiger partial charge in [-0.2, -0.15) is 5.10 Å². The second-order valence-electron chi connectivity index (χ2n) is 8.15. The summed E-state index contributed by atoms with van der Waals surface area (Å²) in [5.74, 6) is -0.340. The van der Waals surface area contributed by atoms with E-state index in [1.165, 1.54) is 0 Å². The predicted octanol–water partition coefficient (Wildman–Crippen LogP) is 3.25. The van der Waals surface area contributed by atoms with Gasteiger partial charge in [-0.15, -0.1) is 0 Å². The van der Waals surface area contributed by atoms with E-state index in [-0.39, 0.29) is 17.4 Å². The van der Waals surface area contributed by atoms with Crippen molar-refractivity contribution in [3.05, 3.63) is 78.0 Å². The summed E-state index contributed by atoms with van der Waals surface area (Å²) in [5, 5.41) is 8.34. The normalized spacial score (nSPS) is 11.1. The van der Waals surface area contributed by atoms with Crippen LogP contribution in [0.2, 0.25) is 0 Å². The van der Waals surface area contributed by atoms with Crippen LogP contribution in [-0.4, -0.2) is 35.2 Å². The Balaban J connectivity index is 1.58. The second kappa shape index (κ2) is 8.43. The fourth-order valence-electron chi connectivity index (χ4n) is 3.86. The lowest BCUT2D eigenvalue weighted by molar-refractivity contribution is 0.0946. The van der Waals surface area contributed by atoms with Crippen molar-refractivity contribution in [2.45, 2.75) is 13.5 Å². The first-order chi connectivity index (χ1) is 16.4. The zero-order valence-electron chi connectivity index (χ0n) is 19.1. The smallest absolute Gasteiger partial charge is 0.274 e. The Morgan fingerprint density at radius 1 is 1.06 bits per heavy atom. The number of nitrogens with zero attached hydrogens (tertiary/aromatic N) is 6. The van der Waals surface area contributed by atoms with Crippen LogP contribution in [-0.2, 0) is 20.6 Å². The molecule has 3 N–H and O–H groups in total. The van der Waals surface area contributed by atoms with Gasteiger partial charge >= 0.3 is 0 Å². The van der Waals surface area contributed by atoms with E-state index < -0.39 is 0 Å². The van der Waals surface area contributed by atoms with E-state index in [1.54, 1.807) is 10.9 Å². The molecular weight excluding hydrogens is 428 g/mol. The second-order valence-corrected chi connectivity index (χ2v) is 8.15. The quantitative estimate of drug-likeness (QED) is 0.423. The Kier molecular flexibility index (Phi) is 5.29. The highest BCUT2D eigenvalue weighted by atomic mass is 16.1. The van der Waals surface area contributed by atoms with Crippen LogP contribution in [0, 0.1) is 6.92 Å². The summed E-state index contributed by atoms with van der Waals surface area (Å²) in [6.07, 6.45) is 3.57. The summed E-state index contributed by atoms with van der Waals surface area (Å²) in [6, 6.07) is 15.5. The maximum atomic E-state index is 13.1. The van der Waals surface area contributed by atoms with Crippen molar-refractivity contribution in [1.82, 2.24) is 34.6 Å². The fraction of sp³-hybridized carbons (Fsp3) is 0.160. The number of pyridine rings is 1. The van der Waals surface area contributed by atoms with Gasteiger partial charge < -0.3 is 15.6 Å². The van der Waals surface area contributed by atoms with Crippen molar-refractivity contribution in [3.63, 3.8) is 0 Å². The van der Waals surface area contributed by atoms with E-state index in [1.807, 2.05) is 80.3 Å². The number of hydrogen-bond donors (Lipinski definition) is 2. The van der Waals surface area contributed by atoms with Gasteiger partial charge in [0.25, 0.3) is 5.91 Å². The number of rotatable bonds is 5. The number of benzene rings is 1. The highest BCUT2D eigenvalue weighted by Crippen LogP contribution is 2.31. The third-order valence-electron chi connectivity index (χ3n) is 5.88. The topological polar surface area (TPSA) is 117 Å². The van der Waals surface area contributed by atoms with Gasteiger partial charge in [0.05, 0.1) is 17.8 Å². The standard InChI is InChI=1S/C25H24N8O/c1-15-6-8-18(33(15)3)14-28-25(34)23-24(26)30-22(20-10-12-32(2)31-20)21(29-23)17-7-9-19-16(13-17)5-4-11-27-19/h4-13H,14H2,1-3H3,(H2,26,30)(H,28,34). The number of hydrogen-bond acceptors (Lipinski definition) is 6. The summed E-state index contributed by atoms with van der Waals surface area (Å²) in [4.78, 5) is 26.7. The Morgan fingerprint density at radius 2 is 1.91 bits per heavy atom. The van der Waals surface area contributed by atoms with Gasteiger partial charge in [0.1, 0.15) is 11.4 Å². The minimum Gasteiger partial charge on any atom is -0.382 e. The Morgan fingerprint density at radius 3 is 2.65 bits per heavy atom. The molecule has 1 aromatic carbocycles. The molecule has 9 heteroatoms. The number of carbonyl (C=O) groups excluding carboxylic acids is 1. The molecular formula is C25H24N8O. The molecule has 0 bridgehead atoms. The van der Waals surface area contributed by atoms with Gasteiger partial charge in [-0.3, -0.25) is 14.5 Å². The first kappa shape index (κ1) is 21.3. The van der Waals surface area contributed by atoms with E-state index in [4.69, 9.17) is 10.7 Å². The molecule has 1 amide bonds. The van der Waals surface area contributed by atoms with E-state index in [2.05, 4.69) is 20.4 Å². The van der Waals surface area contributed by atoms with Gasteiger partial charge in [0.2, 0.25) is 0 Å². The van der Waals surface area contributed by atoms with Crippen LogP contribution in [0.1, 0.15) is 21.9 Å². The lowest BCUT2D eigenvalue weighted by atomic mass is 10.0. The van der Waals surface area contributed by atoms with Crippen LogP contribution in [0.25, 0.3) is 33.5 Å². The lowest BCUT2D eigenvalue weighted by Crippen LogP contribution is -2.26. The van der Waals surface area contributed by atoms with Gasteiger partial charge in [-0.1, -0.05) is 12.1 Å². The number of aryl methyl sites for hydroxylation is 2. The average molecular weight is 453 g/mol. The molecule has 0 aliphatic rings. The molecule has 0 radical (unpaired) electrons. The Bertz CT molecular complexity index is 1530. The van der Waals surface area contributed by atoms with Crippen molar-refractivity contribution in [3.8, 4) is 22.6 Å². The number of amides is 1. The fourth-order valence-corrected chi connectivity index (χ4v) is 3.86. The van der Waals surface area contributed by atoms with Gasteiger partial charge in [-0.25, -0.2) is 9.97 Å². The molecule has 9 nitrogen and oxygen atoms in total. The van der Waals surface area contributed by atoms with Crippen molar-refractivity contribution in [2.75, 3.05) is 5.73 Å². The van der Waals surface area contributed by atoms with Crippen molar-refractivity contribution in [1.29, 1.82) is 0 Å². The number of nitrogens with one attached hydrogen (secondary N) is 1. The summed E-state index contributed by atoms with van der Waals surface area (Å²) < 4.78 is 3.71. The highest BCUT2D eigenvalue weighted by molar-refractivity contribution is 5.98. The monoisotopic (exact) mass is 452 g/mol. The molecule has 5 rings (SSSR count). The maximum Gasteiger partial charge on any atom is 0.274 e. The number of carbonyl (C=O) groups is 1. The van der Waals surface area contributed by atoms with E-state index >= 15 is 0 Å². The average Bonchev–Trinajstić information content (AvgIpc) is 3.42. The summed E-state index contributed by atoms with van der Waals surface area (Å²) in [7, 11) is 3.79. The molecule has 34 heavy (non-hydrogen) atoms. The lowest BCUT2D eigenvalue weighted by Gasteiger charge is -2.13. The first-order valence-corrected chi connectivity index (χ1v) is 10.8. The summed E-state index contributed by atoms with van der Waals surface area (Å²) >= 11 is 0. The van der Waals surface area contributed by atoms with Gasteiger partial charge in [0, 0.05) is 48.8 Å². The number of nitrogens with two attached hydrogens (primary N) is 1. The molecule has 170 valence electrons. The van der Waals surface area contributed by atoms with Gasteiger partial charge in [0.15, 0.2) is 11.5 Å². The molecule has 0 spiro atoms. The van der Waals surface area contributed by atoms with Crippen LogP contribution in [0.4, 0.5) is 5.82 Å². The number of anilines is 1. The molecule has 5 aromatic rings. The van der Waals surface area contributed by atoms with E-state index in [9.17, 15) is 4.79 Å². The van der Waals surface area contributed by atoms with E-state index in [0.29, 0.717) is 23.6 Å². The minimum absolute atomic E-state index is 0.0485. The maximum absolute atomic E-state index is 13.1. The zero-order chi connectivity index (χ0) is 23.8. The number of nitrogen functional groups attached to an aromatic ring is 1.